The minimum absolute atomic E-state index is 0.118. The van der Waals surface area contributed by atoms with Gasteiger partial charge in [0.25, 0.3) is 0 Å². The molecule has 1 saturated heterocycles. The molecule has 0 atom stereocenters. The van der Waals surface area contributed by atoms with Crippen LogP contribution in [0.5, 0.6) is 0 Å². The Morgan fingerprint density at radius 3 is 2.22 bits per heavy atom. The zero-order valence-electron chi connectivity index (χ0n) is 17.0. The van der Waals surface area contributed by atoms with Gasteiger partial charge in [0.05, 0.1) is 6.42 Å². The quantitative estimate of drug-likeness (QED) is 0.534. The molecule has 0 saturated carbocycles. The summed E-state index contributed by atoms with van der Waals surface area (Å²) in [5, 5.41) is 0. The van der Waals surface area contributed by atoms with Crippen LogP contribution in [0, 0.1) is 0 Å². The van der Waals surface area contributed by atoms with E-state index in [4.69, 9.17) is 0 Å². The van der Waals surface area contributed by atoms with Gasteiger partial charge in [-0.2, -0.15) is 13.2 Å². The molecular formula is C22H33F3N2. The highest BCUT2D eigenvalue weighted by molar-refractivity contribution is 5.50. The molecule has 27 heavy (non-hydrogen) atoms. The van der Waals surface area contributed by atoms with Gasteiger partial charge in [-0.05, 0) is 50.3 Å². The molecule has 1 aliphatic rings. The van der Waals surface area contributed by atoms with Crippen molar-refractivity contribution in [1.29, 1.82) is 0 Å². The summed E-state index contributed by atoms with van der Waals surface area (Å²) in [5.74, 6) is 0.502. The highest BCUT2D eigenvalue weighted by Gasteiger charge is 2.30. The maximum absolute atomic E-state index is 12.5. The highest BCUT2D eigenvalue weighted by Crippen LogP contribution is 2.27. The first-order valence-electron chi connectivity index (χ1n) is 9.95. The Bertz CT molecular complexity index is 593. The Kier molecular flexibility index (Phi) is 7.78. The van der Waals surface area contributed by atoms with Crippen LogP contribution in [0.15, 0.2) is 35.9 Å². The molecule has 1 aromatic carbocycles. The van der Waals surface area contributed by atoms with Crippen molar-refractivity contribution in [3.8, 4) is 0 Å². The van der Waals surface area contributed by atoms with Gasteiger partial charge in [0.2, 0.25) is 0 Å². The summed E-state index contributed by atoms with van der Waals surface area (Å²) in [7, 11) is 0. The fourth-order valence-corrected chi connectivity index (χ4v) is 3.54. The number of alkyl halides is 3. The van der Waals surface area contributed by atoms with Gasteiger partial charge >= 0.3 is 6.18 Å². The largest absolute Gasteiger partial charge is 0.390 e. The summed E-state index contributed by atoms with van der Waals surface area (Å²) in [6.07, 6.45) is -0.743. The van der Waals surface area contributed by atoms with Crippen molar-refractivity contribution in [2.24, 2.45) is 0 Å². The van der Waals surface area contributed by atoms with Crippen molar-refractivity contribution < 1.29 is 13.2 Å². The monoisotopic (exact) mass is 382 g/mol. The maximum atomic E-state index is 12.5. The maximum Gasteiger partial charge on any atom is 0.390 e. The Labute approximate surface area is 162 Å². The lowest BCUT2D eigenvalue weighted by atomic mass is 9.99. The number of benzene rings is 1. The lowest BCUT2D eigenvalue weighted by molar-refractivity contribution is -0.138. The van der Waals surface area contributed by atoms with Crippen molar-refractivity contribution in [1.82, 2.24) is 4.90 Å². The first-order valence-corrected chi connectivity index (χ1v) is 9.95. The van der Waals surface area contributed by atoms with E-state index in [-0.39, 0.29) is 6.54 Å². The molecule has 0 aliphatic carbocycles. The first-order chi connectivity index (χ1) is 12.7. The molecule has 0 spiro atoms. The van der Waals surface area contributed by atoms with Gasteiger partial charge in [-0.3, -0.25) is 0 Å². The molecule has 2 nitrogen and oxygen atoms in total. The van der Waals surface area contributed by atoms with E-state index in [1.165, 1.54) is 16.8 Å². The number of halogens is 3. The number of anilines is 1. The second-order valence-corrected chi connectivity index (χ2v) is 8.12. The number of piperidine rings is 1. The number of allylic oxidation sites excluding steroid dienone is 1. The predicted octanol–water partition coefficient (Wildman–Crippen LogP) is 6.00. The van der Waals surface area contributed by atoms with Gasteiger partial charge in [-0.15, -0.1) is 0 Å². The normalized spacial score (nSPS) is 16.6. The number of hydrogen-bond acceptors (Lipinski definition) is 2. The van der Waals surface area contributed by atoms with E-state index in [9.17, 15) is 13.2 Å². The molecule has 1 heterocycles. The average Bonchev–Trinajstić information content (AvgIpc) is 2.60. The smallest absolute Gasteiger partial charge is 0.365 e. The molecule has 2 rings (SSSR count). The van der Waals surface area contributed by atoms with Gasteiger partial charge in [0.1, 0.15) is 0 Å². The zero-order valence-corrected chi connectivity index (χ0v) is 17.0. The summed E-state index contributed by atoms with van der Waals surface area (Å²) in [6.45, 7) is 11.0. The van der Waals surface area contributed by atoms with Crippen LogP contribution in [0.1, 0.15) is 58.4 Å². The van der Waals surface area contributed by atoms with Crippen LogP contribution in [-0.2, 0) is 0 Å². The van der Waals surface area contributed by atoms with E-state index in [2.05, 4.69) is 62.9 Å². The summed E-state index contributed by atoms with van der Waals surface area (Å²) < 4.78 is 37.4. The average molecular weight is 383 g/mol. The Hall–Kier alpha value is -1.49. The van der Waals surface area contributed by atoms with Crippen LogP contribution in [0.3, 0.4) is 0 Å². The summed E-state index contributed by atoms with van der Waals surface area (Å²) in [4.78, 5) is 4.36. The fraction of sp³-hybridized carbons (Fsp3) is 0.636. The van der Waals surface area contributed by atoms with Crippen LogP contribution >= 0.6 is 0 Å². The van der Waals surface area contributed by atoms with Crippen molar-refractivity contribution in [3.05, 3.63) is 41.5 Å². The van der Waals surface area contributed by atoms with Crippen LogP contribution in [0.2, 0.25) is 0 Å². The number of likely N-dealkylation sites (tertiary alicyclic amines) is 1. The van der Waals surface area contributed by atoms with Crippen molar-refractivity contribution in [3.63, 3.8) is 0 Å². The molecule has 0 unspecified atom stereocenters. The van der Waals surface area contributed by atoms with Crippen molar-refractivity contribution in [2.45, 2.75) is 65.1 Å². The minimum atomic E-state index is -4.06. The van der Waals surface area contributed by atoms with E-state index in [0.717, 1.165) is 32.5 Å². The van der Waals surface area contributed by atoms with Gasteiger partial charge in [0, 0.05) is 37.9 Å². The molecule has 0 amide bonds. The van der Waals surface area contributed by atoms with E-state index in [1.807, 2.05) is 4.90 Å². The van der Waals surface area contributed by atoms with Crippen LogP contribution in [-0.4, -0.2) is 43.3 Å². The summed E-state index contributed by atoms with van der Waals surface area (Å²) >= 11 is 0. The third-order valence-electron chi connectivity index (χ3n) is 5.30. The zero-order chi connectivity index (χ0) is 20.0. The fourth-order valence-electron chi connectivity index (χ4n) is 3.54. The highest BCUT2D eigenvalue weighted by atomic mass is 19.4. The van der Waals surface area contributed by atoms with E-state index in [1.54, 1.807) is 0 Å². The van der Waals surface area contributed by atoms with E-state index in [0.29, 0.717) is 12.0 Å². The van der Waals surface area contributed by atoms with Crippen molar-refractivity contribution >= 4 is 5.69 Å². The Morgan fingerprint density at radius 2 is 1.74 bits per heavy atom. The lowest BCUT2D eigenvalue weighted by Crippen LogP contribution is -2.46. The molecule has 0 bridgehead atoms. The molecule has 1 aliphatic heterocycles. The van der Waals surface area contributed by atoms with Gasteiger partial charge in [-0.25, -0.2) is 0 Å². The summed E-state index contributed by atoms with van der Waals surface area (Å²) in [5.41, 5.74) is 3.80. The number of rotatable bonds is 7. The van der Waals surface area contributed by atoms with E-state index >= 15 is 0 Å². The third-order valence-corrected chi connectivity index (χ3v) is 5.30. The van der Waals surface area contributed by atoms with Crippen LogP contribution in [0.4, 0.5) is 18.9 Å². The molecule has 5 heteroatoms. The molecule has 0 N–H and O–H groups in total. The lowest BCUT2D eigenvalue weighted by Gasteiger charge is -2.39. The standard InChI is InChI=1S/C22H33F3N2/c1-17(2)9-15-27(20-7-5-19(6-8-20)18(3)4)21-10-13-26(14-11-21)16-12-22(23,24)25/h5-9,18,21H,10-16H2,1-4H3. The second-order valence-electron chi connectivity index (χ2n) is 8.12. The number of hydrogen-bond donors (Lipinski definition) is 0. The number of nitrogens with zero attached hydrogens (tertiary/aromatic N) is 2. The Balaban J connectivity index is 2.03. The SMILES string of the molecule is CC(C)=CCN(c1ccc(C(C)C)cc1)C1CCN(CCC(F)(F)F)CC1. The molecular weight excluding hydrogens is 349 g/mol. The van der Waals surface area contributed by atoms with Crippen LogP contribution in [0.25, 0.3) is 0 Å². The second kappa shape index (κ2) is 9.63. The molecule has 1 fully saturated rings. The van der Waals surface area contributed by atoms with Crippen molar-refractivity contribution in [2.75, 3.05) is 31.1 Å². The molecule has 152 valence electrons. The van der Waals surface area contributed by atoms with Gasteiger partial charge in [0.15, 0.2) is 0 Å². The van der Waals surface area contributed by atoms with Crippen LogP contribution < -0.4 is 4.90 Å². The topological polar surface area (TPSA) is 6.48 Å². The first kappa shape index (κ1) is 21.8. The third kappa shape index (κ3) is 7.21. The molecule has 0 radical (unpaired) electrons. The van der Waals surface area contributed by atoms with E-state index < -0.39 is 12.6 Å². The van der Waals surface area contributed by atoms with Gasteiger partial charge in [-0.1, -0.05) is 37.6 Å². The molecule has 0 aromatic heterocycles. The predicted molar refractivity (Wildman–Crippen MR) is 107 cm³/mol. The summed E-state index contributed by atoms with van der Waals surface area (Å²) in [6, 6.07) is 9.11. The van der Waals surface area contributed by atoms with Gasteiger partial charge < -0.3 is 9.80 Å². The Morgan fingerprint density at radius 1 is 1.15 bits per heavy atom. The molecule has 1 aromatic rings. The minimum Gasteiger partial charge on any atom is -0.365 e.